The molecule has 0 aliphatic heterocycles. The lowest BCUT2D eigenvalue weighted by atomic mass is 10.1. The number of aryl methyl sites for hydroxylation is 1. The van der Waals surface area contributed by atoms with E-state index < -0.39 is 11.6 Å². The van der Waals surface area contributed by atoms with E-state index in [4.69, 9.17) is 11.6 Å². The summed E-state index contributed by atoms with van der Waals surface area (Å²) >= 11 is 5.77. The molecule has 1 unspecified atom stereocenters. The fraction of sp³-hybridized carbons (Fsp3) is 0.455. The van der Waals surface area contributed by atoms with Gasteiger partial charge in [-0.3, -0.25) is 0 Å². The molecule has 0 nitrogen and oxygen atoms in total. The van der Waals surface area contributed by atoms with E-state index in [1.54, 1.807) is 6.07 Å². The van der Waals surface area contributed by atoms with Crippen molar-refractivity contribution in [2.45, 2.75) is 31.6 Å². The summed E-state index contributed by atoms with van der Waals surface area (Å²) in [5, 5.41) is 0.139. The Morgan fingerprint density at radius 3 is 2.57 bits per heavy atom. The molecule has 78 valence electrons. The minimum atomic E-state index is -0.792. The highest BCUT2D eigenvalue weighted by molar-refractivity contribution is 6.20. The van der Waals surface area contributed by atoms with Crippen LogP contribution in [0.1, 0.15) is 25.3 Å². The summed E-state index contributed by atoms with van der Waals surface area (Å²) < 4.78 is 25.3. The van der Waals surface area contributed by atoms with Crippen molar-refractivity contribution in [3.05, 3.63) is 35.4 Å². The lowest BCUT2D eigenvalue weighted by molar-refractivity contribution is 0.506. The van der Waals surface area contributed by atoms with Crippen molar-refractivity contribution in [2.24, 2.45) is 0 Å². The zero-order valence-corrected chi connectivity index (χ0v) is 8.82. The highest BCUT2D eigenvalue weighted by atomic mass is 35.5. The lowest BCUT2D eigenvalue weighted by Gasteiger charge is -2.03. The Morgan fingerprint density at radius 1 is 1.29 bits per heavy atom. The largest absolute Gasteiger partial charge is 0.204 e. The average molecular weight is 219 g/mol. The van der Waals surface area contributed by atoms with Gasteiger partial charge in [-0.25, -0.2) is 8.78 Å². The van der Waals surface area contributed by atoms with Gasteiger partial charge in [-0.05, 0) is 43.9 Å². The van der Waals surface area contributed by atoms with Crippen molar-refractivity contribution in [2.75, 3.05) is 0 Å². The molecule has 0 aliphatic rings. The molecule has 0 bridgehead atoms. The first-order valence-electron chi connectivity index (χ1n) is 4.67. The summed E-state index contributed by atoms with van der Waals surface area (Å²) in [6, 6.07) is 4.01. The van der Waals surface area contributed by atoms with E-state index in [0.717, 1.165) is 30.9 Å². The molecule has 3 heteroatoms. The van der Waals surface area contributed by atoms with E-state index in [2.05, 4.69) is 0 Å². The van der Waals surface area contributed by atoms with E-state index in [1.165, 1.54) is 6.07 Å². The van der Waals surface area contributed by atoms with Gasteiger partial charge in [0.15, 0.2) is 11.6 Å². The summed E-state index contributed by atoms with van der Waals surface area (Å²) in [6.45, 7) is 1.92. The standard InChI is InChI=1S/C11H13ClF2/c1-8(12)3-2-4-9-5-6-10(13)11(14)7-9/h5-8H,2-4H2,1H3. The number of benzene rings is 1. The minimum absolute atomic E-state index is 0.139. The van der Waals surface area contributed by atoms with E-state index >= 15 is 0 Å². The van der Waals surface area contributed by atoms with E-state index in [9.17, 15) is 8.78 Å². The van der Waals surface area contributed by atoms with Crippen molar-refractivity contribution in [1.82, 2.24) is 0 Å². The molecule has 0 aliphatic carbocycles. The molecule has 0 radical (unpaired) electrons. The Hall–Kier alpha value is -0.630. The third kappa shape index (κ3) is 3.62. The Kier molecular flexibility index (Phi) is 4.33. The smallest absolute Gasteiger partial charge is 0.159 e. The first-order valence-corrected chi connectivity index (χ1v) is 5.11. The monoisotopic (exact) mass is 218 g/mol. The third-order valence-electron chi connectivity index (χ3n) is 2.05. The topological polar surface area (TPSA) is 0 Å². The second kappa shape index (κ2) is 5.30. The van der Waals surface area contributed by atoms with E-state index in [1.807, 2.05) is 6.92 Å². The Labute approximate surface area is 87.9 Å². The molecule has 0 N–H and O–H groups in total. The molecular formula is C11H13ClF2. The molecule has 1 atom stereocenters. The number of alkyl halides is 1. The van der Waals surface area contributed by atoms with Crippen molar-refractivity contribution >= 4 is 11.6 Å². The van der Waals surface area contributed by atoms with Gasteiger partial charge >= 0.3 is 0 Å². The van der Waals surface area contributed by atoms with Crippen LogP contribution >= 0.6 is 11.6 Å². The Morgan fingerprint density at radius 2 is 2.00 bits per heavy atom. The summed E-state index contributed by atoms with van der Waals surface area (Å²) in [7, 11) is 0. The molecule has 0 amide bonds. The van der Waals surface area contributed by atoms with Gasteiger partial charge in [0.25, 0.3) is 0 Å². The van der Waals surface area contributed by atoms with Crippen LogP contribution in [0.25, 0.3) is 0 Å². The average Bonchev–Trinajstić information content (AvgIpc) is 2.10. The maximum Gasteiger partial charge on any atom is 0.159 e. The molecule has 0 saturated heterocycles. The van der Waals surface area contributed by atoms with Crippen LogP contribution in [-0.4, -0.2) is 5.38 Å². The predicted octanol–water partition coefficient (Wildman–Crippen LogP) is 3.91. The molecule has 14 heavy (non-hydrogen) atoms. The number of halogens is 3. The quantitative estimate of drug-likeness (QED) is 0.672. The highest BCUT2D eigenvalue weighted by Crippen LogP contribution is 2.13. The third-order valence-corrected chi connectivity index (χ3v) is 2.27. The molecule has 1 aromatic carbocycles. The summed E-state index contributed by atoms with van der Waals surface area (Å²) in [6.07, 6.45) is 2.53. The molecular weight excluding hydrogens is 206 g/mol. The van der Waals surface area contributed by atoms with Crippen molar-refractivity contribution in [3.8, 4) is 0 Å². The fourth-order valence-corrected chi connectivity index (χ4v) is 1.44. The van der Waals surface area contributed by atoms with Gasteiger partial charge in [0.05, 0.1) is 0 Å². The minimum Gasteiger partial charge on any atom is -0.204 e. The highest BCUT2D eigenvalue weighted by Gasteiger charge is 2.03. The number of hydrogen-bond acceptors (Lipinski definition) is 0. The summed E-state index contributed by atoms with van der Waals surface area (Å²) in [5.41, 5.74) is 0.821. The fourth-order valence-electron chi connectivity index (χ4n) is 1.28. The van der Waals surface area contributed by atoms with Crippen LogP contribution in [-0.2, 0) is 6.42 Å². The molecule has 0 aromatic heterocycles. The zero-order valence-electron chi connectivity index (χ0n) is 8.06. The van der Waals surface area contributed by atoms with Gasteiger partial charge in [0.2, 0.25) is 0 Å². The number of rotatable bonds is 4. The van der Waals surface area contributed by atoms with Gasteiger partial charge in [-0.1, -0.05) is 6.07 Å². The van der Waals surface area contributed by atoms with Gasteiger partial charge in [0.1, 0.15) is 0 Å². The maximum absolute atomic E-state index is 12.8. The van der Waals surface area contributed by atoms with Crippen molar-refractivity contribution in [3.63, 3.8) is 0 Å². The molecule has 0 fully saturated rings. The Bertz CT molecular complexity index is 297. The first-order chi connectivity index (χ1) is 6.59. The van der Waals surface area contributed by atoms with Gasteiger partial charge in [-0.2, -0.15) is 0 Å². The van der Waals surface area contributed by atoms with E-state index in [-0.39, 0.29) is 5.38 Å². The molecule has 0 spiro atoms. The second-order valence-electron chi connectivity index (χ2n) is 3.42. The van der Waals surface area contributed by atoms with Crippen LogP contribution in [0.4, 0.5) is 8.78 Å². The van der Waals surface area contributed by atoms with Crippen molar-refractivity contribution in [1.29, 1.82) is 0 Å². The number of hydrogen-bond donors (Lipinski definition) is 0. The van der Waals surface area contributed by atoms with Crippen LogP contribution in [0.3, 0.4) is 0 Å². The van der Waals surface area contributed by atoms with Gasteiger partial charge in [-0.15, -0.1) is 11.6 Å². The van der Waals surface area contributed by atoms with Crippen LogP contribution in [0.5, 0.6) is 0 Å². The zero-order chi connectivity index (χ0) is 10.6. The summed E-state index contributed by atoms with van der Waals surface area (Å²) in [4.78, 5) is 0. The second-order valence-corrected chi connectivity index (χ2v) is 4.17. The van der Waals surface area contributed by atoms with E-state index in [0.29, 0.717) is 0 Å². The van der Waals surface area contributed by atoms with Crippen LogP contribution in [0.2, 0.25) is 0 Å². The van der Waals surface area contributed by atoms with Gasteiger partial charge in [0, 0.05) is 5.38 Å². The SMILES string of the molecule is CC(Cl)CCCc1ccc(F)c(F)c1. The maximum atomic E-state index is 12.8. The van der Waals surface area contributed by atoms with Crippen LogP contribution in [0.15, 0.2) is 18.2 Å². The van der Waals surface area contributed by atoms with Crippen LogP contribution in [0, 0.1) is 11.6 Å². The summed E-state index contributed by atoms with van der Waals surface area (Å²) in [5.74, 6) is -1.57. The Balaban J connectivity index is 2.47. The first kappa shape index (κ1) is 11.4. The van der Waals surface area contributed by atoms with Gasteiger partial charge < -0.3 is 0 Å². The molecule has 0 saturated carbocycles. The van der Waals surface area contributed by atoms with Crippen LogP contribution < -0.4 is 0 Å². The lowest BCUT2D eigenvalue weighted by Crippen LogP contribution is -1.94. The molecule has 0 heterocycles. The normalized spacial score (nSPS) is 12.9. The molecule has 1 rings (SSSR count). The van der Waals surface area contributed by atoms with Crippen molar-refractivity contribution < 1.29 is 8.78 Å². The molecule has 1 aromatic rings. The predicted molar refractivity (Wildman–Crippen MR) is 54.6 cm³/mol.